The van der Waals surface area contributed by atoms with Crippen LogP contribution in [0.25, 0.3) is 0 Å². The van der Waals surface area contributed by atoms with Gasteiger partial charge in [-0.05, 0) is 62.8 Å². The SMILES string of the molecule is Cc1ccc(C)c(N(CCCC(=O)NC(C)CCc2ccccc2)S(C)(=O)=O)c1. The van der Waals surface area contributed by atoms with Crippen molar-refractivity contribution in [3.05, 3.63) is 65.2 Å². The summed E-state index contributed by atoms with van der Waals surface area (Å²) in [4.78, 5) is 12.3. The lowest BCUT2D eigenvalue weighted by Crippen LogP contribution is -2.35. The van der Waals surface area contributed by atoms with Crippen LogP contribution in [0, 0.1) is 13.8 Å². The third-order valence-corrected chi connectivity index (χ3v) is 6.09. The first kappa shape index (κ1) is 22.9. The molecule has 2 aromatic rings. The largest absolute Gasteiger partial charge is 0.354 e. The van der Waals surface area contributed by atoms with Crippen molar-refractivity contribution >= 4 is 21.6 Å². The van der Waals surface area contributed by atoms with E-state index in [4.69, 9.17) is 0 Å². The molecule has 0 fully saturated rings. The summed E-state index contributed by atoms with van der Waals surface area (Å²) in [7, 11) is -3.42. The number of hydrogen-bond donors (Lipinski definition) is 1. The predicted molar refractivity (Wildman–Crippen MR) is 120 cm³/mol. The van der Waals surface area contributed by atoms with Crippen molar-refractivity contribution in [1.82, 2.24) is 5.32 Å². The normalized spacial score (nSPS) is 12.4. The highest BCUT2D eigenvalue weighted by molar-refractivity contribution is 7.92. The number of aryl methyl sites for hydroxylation is 3. The van der Waals surface area contributed by atoms with Gasteiger partial charge in [-0.1, -0.05) is 42.5 Å². The Morgan fingerprint density at radius 1 is 1.10 bits per heavy atom. The van der Waals surface area contributed by atoms with Gasteiger partial charge >= 0.3 is 0 Å². The van der Waals surface area contributed by atoms with Gasteiger partial charge in [-0.3, -0.25) is 9.10 Å². The molecule has 0 spiro atoms. The number of hydrogen-bond acceptors (Lipinski definition) is 3. The van der Waals surface area contributed by atoms with Crippen LogP contribution in [-0.4, -0.2) is 33.2 Å². The zero-order chi connectivity index (χ0) is 21.4. The van der Waals surface area contributed by atoms with E-state index in [1.807, 2.05) is 57.2 Å². The smallest absolute Gasteiger partial charge is 0.232 e. The summed E-state index contributed by atoms with van der Waals surface area (Å²) in [5.41, 5.74) is 3.85. The van der Waals surface area contributed by atoms with E-state index in [1.165, 1.54) is 16.1 Å². The van der Waals surface area contributed by atoms with E-state index in [9.17, 15) is 13.2 Å². The van der Waals surface area contributed by atoms with Crippen LogP contribution in [0.2, 0.25) is 0 Å². The average Bonchev–Trinajstić information content (AvgIpc) is 2.65. The maximum Gasteiger partial charge on any atom is 0.232 e. The van der Waals surface area contributed by atoms with E-state index in [1.54, 1.807) is 0 Å². The predicted octanol–water partition coefficient (Wildman–Crippen LogP) is 3.99. The third kappa shape index (κ3) is 7.54. The molecule has 1 N–H and O–H groups in total. The molecule has 0 bridgehead atoms. The zero-order valence-corrected chi connectivity index (χ0v) is 18.6. The fraction of sp³-hybridized carbons (Fsp3) is 0.435. The third-order valence-electron chi connectivity index (χ3n) is 4.91. The van der Waals surface area contributed by atoms with E-state index in [0.29, 0.717) is 18.5 Å². The summed E-state index contributed by atoms with van der Waals surface area (Å²) in [6, 6.07) is 16.0. The van der Waals surface area contributed by atoms with Crippen LogP contribution in [0.4, 0.5) is 5.69 Å². The van der Waals surface area contributed by atoms with Gasteiger partial charge in [-0.25, -0.2) is 8.42 Å². The minimum Gasteiger partial charge on any atom is -0.354 e. The van der Waals surface area contributed by atoms with Gasteiger partial charge in [0, 0.05) is 19.0 Å². The first-order chi connectivity index (χ1) is 13.7. The molecule has 6 heteroatoms. The fourth-order valence-electron chi connectivity index (χ4n) is 3.28. The highest BCUT2D eigenvalue weighted by atomic mass is 32.2. The van der Waals surface area contributed by atoms with Gasteiger partial charge in [0.25, 0.3) is 0 Å². The van der Waals surface area contributed by atoms with Crippen molar-refractivity contribution in [2.24, 2.45) is 0 Å². The number of anilines is 1. The Labute approximate surface area is 175 Å². The quantitative estimate of drug-likeness (QED) is 0.637. The van der Waals surface area contributed by atoms with E-state index < -0.39 is 10.0 Å². The molecule has 2 rings (SSSR count). The second kappa shape index (κ2) is 10.4. The van der Waals surface area contributed by atoms with Crippen molar-refractivity contribution in [3.8, 4) is 0 Å². The van der Waals surface area contributed by atoms with Gasteiger partial charge in [-0.15, -0.1) is 0 Å². The number of rotatable bonds is 10. The van der Waals surface area contributed by atoms with Crippen LogP contribution >= 0.6 is 0 Å². The molecule has 0 saturated carbocycles. The Kier molecular flexibility index (Phi) is 8.26. The van der Waals surface area contributed by atoms with Crippen LogP contribution < -0.4 is 9.62 Å². The molecule has 0 aliphatic carbocycles. The average molecular weight is 417 g/mol. The summed E-state index contributed by atoms with van der Waals surface area (Å²) in [6.45, 7) is 6.12. The summed E-state index contributed by atoms with van der Waals surface area (Å²) >= 11 is 0. The van der Waals surface area contributed by atoms with Gasteiger partial charge in [0.2, 0.25) is 15.9 Å². The minimum atomic E-state index is -3.42. The number of carbonyl (C=O) groups is 1. The zero-order valence-electron chi connectivity index (χ0n) is 17.8. The van der Waals surface area contributed by atoms with Crippen molar-refractivity contribution in [1.29, 1.82) is 0 Å². The summed E-state index contributed by atoms with van der Waals surface area (Å²) in [5, 5.41) is 3.02. The Balaban J connectivity index is 1.85. The Morgan fingerprint density at radius 3 is 2.45 bits per heavy atom. The number of sulfonamides is 1. The van der Waals surface area contributed by atoms with E-state index >= 15 is 0 Å². The van der Waals surface area contributed by atoms with Crippen molar-refractivity contribution < 1.29 is 13.2 Å². The maximum absolute atomic E-state index is 12.3. The lowest BCUT2D eigenvalue weighted by Gasteiger charge is -2.24. The van der Waals surface area contributed by atoms with Crippen molar-refractivity contribution in [2.75, 3.05) is 17.1 Å². The fourth-order valence-corrected chi connectivity index (χ4v) is 4.30. The van der Waals surface area contributed by atoms with Gasteiger partial charge in [0.15, 0.2) is 0 Å². The molecule has 158 valence electrons. The lowest BCUT2D eigenvalue weighted by molar-refractivity contribution is -0.121. The van der Waals surface area contributed by atoms with Crippen molar-refractivity contribution in [3.63, 3.8) is 0 Å². The molecule has 0 aliphatic rings. The van der Waals surface area contributed by atoms with Gasteiger partial charge in [0.05, 0.1) is 11.9 Å². The highest BCUT2D eigenvalue weighted by Gasteiger charge is 2.19. The second-order valence-electron chi connectivity index (χ2n) is 7.72. The van der Waals surface area contributed by atoms with Gasteiger partial charge < -0.3 is 5.32 Å². The molecule has 0 aliphatic heterocycles. The van der Waals surface area contributed by atoms with Crippen LogP contribution in [-0.2, 0) is 21.2 Å². The molecule has 1 atom stereocenters. The number of nitrogens with zero attached hydrogens (tertiary/aromatic N) is 1. The molecule has 0 aromatic heterocycles. The topological polar surface area (TPSA) is 66.5 Å². The van der Waals surface area contributed by atoms with Crippen LogP contribution in [0.15, 0.2) is 48.5 Å². The molecule has 5 nitrogen and oxygen atoms in total. The minimum absolute atomic E-state index is 0.0417. The summed E-state index contributed by atoms with van der Waals surface area (Å²) < 4.78 is 26.0. The first-order valence-electron chi connectivity index (χ1n) is 10.0. The molecular formula is C23H32N2O3S. The molecule has 2 aromatic carbocycles. The van der Waals surface area contributed by atoms with Crippen LogP contribution in [0.5, 0.6) is 0 Å². The molecular weight excluding hydrogens is 384 g/mol. The van der Waals surface area contributed by atoms with Crippen LogP contribution in [0.3, 0.4) is 0 Å². The molecule has 29 heavy (non-hydrogen) atoms. The van der Waals surface area contributed by atoms with Gasteiger partial charge in [0.1, 0.15) is 0 Å². The second-order valence-corrected chi connectivity index (χ2v) is 9.63. The standard InChI is InChI=1S/C23H32N2O3S/c1-18-12-13-19(2)22(17-18)25(29(4,27)28)16-8-11-23(26)24-20(3)14-15-21-9-6-5-7-10-21/h5-7,9-10,12-13,17,20H,8,11,14-16H2,1-4H3,(H,24,26). The maximum atomic E-state index is 12.3. The van der Waals surface area contributed by atoms with E-state index in [-0.39, 0.29) is 18.5 Å². The molecule has 1 unspecified atom stereocenters. The lowest BCUT2D eigenvalue weighted by atomic mass is 10.1. The molecule has 0 heterocycles. The molecule has 0 saturated heterocycles. The monoisotopic (exact) mass is 416 g/mol. The molecule has 1 amide bonds. The number of carbonyl (C=O) groups excluding carboxylic acids is 1. The first-order valence-corrected chi connectivity index (χ1v) is 11.9. The Morgan fingerprint density at radius 2 is 1.79 bits per heavy atom. The Bertz CT molecular complexity index is 911. The summed E-state index contributed by atoms with van der Waals surface area (Å²) in [5.74, 6) is -0.0417. The van der Waals surface area contributed by atoms with Crippen LogP contribution in [0.1, 0.15) is 42.9 Å². The van der Waals surface area contributed by atoms with Crippen molar-refractivity contribution in [2.45, 2.75) is 52.5 Å². The highest BCUT2D eigenvalue weighted by Crippen LogP contribution is 2.24. The molecule has 0 radical (unpaired) electrons. The van der Waals surface area contributed by atoms with Gasteiger partial charge in [-0.2, -0.15) is 0 Å². The Hall–Kier alpha value is -2.34. The number of amides is 1. The van der Waals surface area contributed by atoms with E-state index in [0.717, 1.165) is 24.0 Å². The van der Waals surface area contributed by atoms with E-state index in [2.05, 4.69) is 17.4 Å². The number of nitrogens with one attached hydrogen (secondary N) is 1. The summed E-state index contributed by atoms with van der Waals surface area (Å²) in [6.07, 6.45) is 3.76. The number of benzene rings is 2.